The van der Waals surface area contributed by atoms with Gasteiger partial charge in [0.2, 0.25) is 0 Å². The molecule has 0 saturated heterocycles. The van der Waals surface area contributed by atoms with Crippen molar-refractivity contribution in [1.29, 1.82) is 0 Å². The summed E-state index contributed by atoms with van der Waals surface area (Å²) >= 11 is 5.86. The third-order valence-electron chi connectivity index (χ3n) is 2.00. The Kier molecular flexibility index (Phi) is 3.04. The van der Waals surface area contributed by atoms with E-state index in [-0.39, 0.29) is 6.61 Å². The van der Waals surface area contributed by atoms with Crippen LogP contribution in [0.1, 0.15) is 5.89 Å². The van der Waals surface area contributed by atoms with Gasteiger partial charge in [0.1, 0.15) is 12.0 Å². The number of hydrogen-bond donors (Lipinski definition) is 1. The molecule has 15 heavy (non-hydrogen) atoms. The monoisotopic (exact) mass is 223 g/mol. The summed E-state index contributed by atoms with van der Waals surface area (Å²) in [6, 6.07) is 7.40. The van der Waals surface area contributed by atoms with Crippen LogP contribution in [0.4, 0.5) is 0 Å². The minimum Gasteiger partial charge on any atom is -0.448 e. The first kappa shape index (κ1) is 10.2. The van der Waals surface area contributed by atoms with Gasteiger partial charge in [-0.1, -0.05) is 23.7 Å². The molecule has 3 nitrogen and oxygen atoms in total. The minimum atomic E-state index is 0.0372. The minimum absolute atomic E-state index is 0.0372. The van der Waals surface area contributed by atoms with Crippen molar-refractivity contribution in [1.82, 2.24) is 4.98 Å². The molecule has 0 bridgehead atoms. The molecule has 0 fully saturated rings. The summed E-state index contributed by atoms with van der Waals surface area (Å²) in [4.78, 5) is 4.23. The van der Waals surface area contributed by atoms with Crippen molar-refractivity contribution < 1.29 is 9.52 Å². The molecule has 0 aliphatic carbocycles. The standard InChI is InChI=1S/C11H10ClNO2/c12-9-3-1-2-8(6-9)10-7-15-11(13-10)4-5-14/h1-3,6-7,14H,4-5H2. The van der Waals surface area contributed by atoms with Crippen LogP contribution in [0, 0.1) is 0 Å². The van der Waals surface area contributed by atoms with Crippen molar-refractivity contribution >= 4 is 11.6 Å². The highest BCUT2D eigenvalue weighted by molar-refractivity contribution is 6.30. The quantitative estimate of drug-likeness (QED) is 0.870. The number of halogens is 1. The van der Waals surface area contributed by atoms with E-state index in [0.29, 0.717) is 17.3 Å². The zero-order valence-corrected chi connectivity index (χ0v) is 8.74. The fourth-order valence-corrected chi connectivity index (χ4v) is 1.49. The Bertz CT molecular complexity index is 453. The molecule has 2 aromatic rings. The first-order valence-corrected chi connectivity index (χ1v) is 4.98. The predicted molar refractivity (Wildman–Crippen MR) is 57.7 cm³/mol. The number of aromatic nitrogens is 1. The molecule has 1 N–H and O–H groups in total. The molecule has 0 radical (unpaired) electrons. The Labute approximate surface area is 92.3 Å². The van der Waals surface area contributed by atoms with Gasteiger partial charge in [-0.15, -0.1) is 0 Å². The molecule has 0 saturated carbocycles. The summed E-state index contributed by atoms with van der Waals surface area (Å²) < 4.78 is 5.19. The fourth-order valence-electron chi connectivity index (χ4n) is 1.30. The van der Waals surface area contributed by atoms with Gasteiger partial charge in [0.15, 0.2) is 5.89 Å². The smallest absolute Gasteiger partial charge is 0.196 e. The van der Waals surface area contributed by atoms with Gasteiger partial charge in [-0.05, 0) is 12.1 Å². The number of benzene rings is 1. The van der Waals surface area contributed by atoms with Crippen LogP contribution >= 0.6 is 11.6 Å². The van der Waals surface area contributed by atoms with Crippen LogP contribution in [-0.2, 0) is 6.42 Å². The lowest BCUT2D eigenvalue weighted by atomic mass is 10.2. The van der Waals surface area contributed by atoms with Crippen molar-refractivity contribution in [3.05, 3.63) is 41.4 Å². The zero-order valence-electron chi connectivity index (χ0n) is 7.98. The average Bonchev–Trinajstić information content (AvgIpc) is 2.67. The van der Waals surface area contributed by atoms with E-state index in [1.54, 1.807) is 12.3 Å². The number of aliphatic hydroxyl groups excluding tert-OH is 1. The maximum absolute atomic E-state index is 8.72. The van der Waals surface area contributed by atoms with E-state index in [1.807, 2.05) is 18.2 Å². The number of nitrogens with zero attached hydrogens (tertiary/aromatic N) is 1. The van der Waals surface area contributed by atoms with Gasteiger partial charge in [0.25, 0.3) is 0 Å². The van der Waals surface area contributed by atoms with Crippen LogP contribution in [0.5, 0.6) is 0 Å². The van der Waals surface area contributed by atoms with E-state index >= 15 is 0 Å². The Morgan fingerprint density at radius 2 is 2.27 bits per heavy atom. The maximum atomic E-state index is 8.72. The van der Waals surface area contributed by atoms with E-state index in [4.69, 9.17) is 21.1 Å². The Morgan fingerprint density at radius 3 is 3.00 bits per heavy atom. The topological polar surface area (TPSA) is 46.3 Å². The number of oxazole rings is 1. The lowest BCUT2D eigenvalue weighted by Crippen LogP contribution is -1.90. The molecule has 0 unspecified atom stereocenters. The van der Waals surface area contributed by atoms with Crippen LogP contribution < -0.4 is 0 Å². The van der Waals surface area contributed by atoms with Crippen LogP contribution in [0.15, 0.2) is 34.9 Å². The molecule has 2 rings (SSSR count). The Morgan fingerprint density at radius 1 is 1.40 bits per heavy atom. The first-order valence-electron chi connectivity index (χ1n) is 4.61. The van der Waals surface area contributed by atoms with Crippen molar-refractivity contribution in [2.45, 2.75) is 6.42 Å². The van der Waals surface area contributed by atoms with Gasteiger partial charge in [0.05, 0.1) is 6.61 Å². The first-order chi connectivity index (χ1) is 7.29. The van der Waals surface area contributed by atoms with Gasteiger partial charge in [-0.3, -0.25) is 0 Å². The van der Waals surface area contributed by atoms with E-state index in [2.05, 4.69) is 4.98 Å². The highest BCUT2D eigenvalue weighted by Gasteiger charge is 2.05. The fraction of sp³-hybridized carbons (Fsp3) is 0.182. The zero-order chi connectivity index (χ0) is 10.7. The summed E-state index contributed by atoms with van der Waals surface area (Å²) in [6.07, 6.45) is 2.00. The largest absolute Gasteiger partial charge is 0.448 e. The second-order valence-corrected chi connectivity index (χ2v) is 3.55. The summed E-state index contributed by atoms with van der Waals surface area (Å²) in [5.41, 5.74) is 1.65. The number of rotatable bonds is 3. The number of aliphatic hydroxyl groups is 1. The second kappa shape index (κ2) is 4.47. The van der Waals surface area contributed by atoms with Crippen molar-refractivity contribution in [3.63, 3.8) is 0 Å². The summed E-state index contributed by atoms with van der Waals surface area (Å²) in [6.45, 7) is 0.0372. The lowest BCUT2D eigenvalue weighted by Gasteiger charge is -1.95. The normalized spacial score (nSPS) is 10.5. The SMILES string of the molecule is OCCc1nc(-c2cccc(Cl)c2)co1. The summed E-state index contributed by atoms with van der Waals surface area (Å²) in [5, 5.41) is 9.39. The maximum Gasteiger partial charge on any atom is 0.196 e. The average molecular weight is 224 g/mol. The van der Waals surface area contributed by atoms with Gasteiger partial charge < -0.3 is 9.52 Å². The lowest BCUT2D eigenvalue weighted by molar-refractivity contribution is 0.285. The molecule has 1 heterocycles. The van der Waals surface area contributed by atoms with E-state index < -0.39 is 0 Å². The van der Waals surface area contributed by atoms with Gasteiger partial charge >= 0.3 is 0 Å². The van der Waals surface area contributed by atoms with Crippen molar-refractivity contribution in [2.24, 2.45) is 0 Å². The molecule has 78 valence electrons. The predicted octanol–water partition coefficient (Wildman–Crippen LogP) is 2.53. The highest BCUT2D eigenvalue weighted by atomic mass is 35.5. The number of hydrogen-bond acceptors (Lipinski definition) is 3. The molecule has 0 atom stereocenters. The molecular weight excluding hydrogens is 214 g/mol. The summed E-state index contributed by atoms with van der Waals surface area (Å²) in [5.74, 6) is 0.535. The van der Waals surface area contributed by atoms with Gasteiger partial charge in [0, 0.05) is 17.0 Å². The Hall–Kier alpha value is -1.32. The van der Waals surface area contributed by atoms with Gasteiger partial charge in [-0.25, -0.2) is 4.98 Å². The molecular formula is C11H10ClNO2. The highest BCUT2D eigenvalue weighted by Crippen LogP contribution is 2.21. The van der Waals surface area contributed by atoms with Crippen LogP contribution in [-0.4, -0.2) is 16.7 Å². The van der Waals surface area contributed by atoms with E-state index in [9.17, 15) is 0 Å². The van der Waals surface area contributed by atoms with E-state index in [1.165, 1.54) is 0 Å². The van der Waals surface area contributed by atoms with Gasteiger partial charge in [-0.2, -0.15) is 0 Å². The molecule has 4 heteroatoms. The van der Waals surface area contributed by atoms with Crippen LogP contribution in [0.3, 0.4) is 0 Å². The molecule has 0 aliphatic rings. The second-order valence-electron chi connectivity index (χ2n) is 3.11. The molecule has 0 aliphatic heterocycles. The van der Waals surface area contributed by atoms with Crippen LogP contribution in [0.2, 0.25) is 5.02 Å². The molecule has 1 aromatic carbocycles. The Balaban J connectivity index is 2.29. The molecule has 0 amide bonds. The van der Waals surface area contributed by atoms with Crippen LogP contribution in [0.25, 0.3) is 11.3 Å². The summed E-state index contributed by atoms with van der Waals surface area (Å²) in [7, 11) is 0. The van der Waals surface area contributed by atoms with Crippen molar-refractivity contribution in [3.8, 4) is 11.3 Å². The third-order valence-corrected chi connectivity index (χ3v) is 2.23. The van der Waals surface area contributed by atoms with Crippen molar-refractivity contribution in [2.75, 3.05) is 6.61 Å². The molecule has 0 spiro atoms. The van der Waals surface area contributed by atoms with E-state index in [0.717, 1.165) is 11.3 Å². The molecule has 1 aromatic heterocycles. The third kappa shape index (κ3) is 2.37.